The smallest absolute Gasteiger partial charge is 0.246 e. The molecule has 5 rings (SSSR count). The van der Waals surface area contributed by atoms with Crippen molar-refractivity contribution >= 4 is 22.7 Å². The molecular formula is C26H29N3O3. The molecule has 2 amide bonds. The summed E-state index contributed by atoms with van der Waals surface area (Å²) in [6.45, 7) is 6.67. The van der Waals surface area contributed by atoms with Crippen LogP contribution in [0.2, 0.25) is 0 Å². The van der Waals surface area contributed by atoms with Gasteiger partial charge < -0.3 is 19.5 Å². The van der Waals surface area contributed by atoms with Gasteiger partial charge in [0.2, 0.25) is 11.8 Å². The van der Waals surface area contributed by atoms with Gasteiger partial charge in [0.05, 0.1) is 6.61 Å². The molecule has 0 saturated carbocycles. The van der Waals surface area contributed by atoms with Crippen molar-refractivity contribution in [1.29, 1.82) is 0 Å². The van der Waals surface area contributed by atoms with Gasteiger partial charge in [-0.05, 0) is 38.0 Å². The average molecular weight is 432 g/mol. The summed E-state index contributed by atoms with van der Waals surface area (Å²) < 4.78 is 5.95. The maximum atomic E-state index is 13.7. The maximum absolute atomic E-state index is 13.7. The van der Waals surface area contributed by atoms with Crippen molar-refractivity contribution in [2.24, 2.45) is 0 Å². The van der Waals surface area contributed by atoms with Crippen LogP contribution in [-0.4, -0.2) is 51.8 Å². The number of nitrogens with zero attached hydrogens (tertiary/aromatic N) is 2. The Hall–Kier alpha value is -3.28. The molecule has 32 heavy (non-hydrogen) atoms. The minimum absolute atomic E-state index is 0.0180. The van der Waals surface area contributed by atoms with Crippen LogP contribution in [0.3, 0.4) is 0 Å². The minimum atomic E-state index is -0.517. The molecule has 1 N–H and O–H groups in total. The van der Waals surface area contributed by atoms with E-state index in [1.165, 1.54) is 0 Å². The number of carbonyl (C=O) groups is 2. The van der Waals surface area contributed by atoms with Crippen molar-refractivity contribution in [3.05, 3.63) is 65.4 Å². The molecule has 3 heterocycles. The van der Waals surface area contributed by atoms with Crippen molar-refractivity contribution in [2.45, 2.75) is 51.7 Å². The van der Waals surface area contributed by atoms with E-state index in [4.69, 9.17) is 4.74 Å². The van der Waals surface area contributed by atoms with Gasteiger partial charge in [-0.15, -0.1) is 0 Å². The fourth-order valence-electron chi connectivity index (χ4n) is 5.20. The van der Waals surface area contributed by atoms with E-state index in [0.29, 0.717) is 13.0 Å². The Balaban J connectivity index is 1.72. The lowest BCUT2D eigenvalue weighted by molar-refractivity contribution is -0.160. The summed E-state index contributed by atoms with van der Waals surface area (Å²) in [6.07, 6.45) is 1.34. The highest BCUT2D eigenvalue weighted by molar-refractivity contribution is 5.98. The first-order chi connectivity index (χ1) is 15.5. The number of hydrogen-bond acceptors (Lipinski definition) is 3. The van der Waals surface area contributed by atoms with Crippen LogP contribution in [0.4, 0.5) is 0 Å². The number of piperazine rings is 1. The fraction of sp³-hybridized carbons (Fsp3) is 0.385. The van der Waals surface area contributed by atoms with Gasteiger partial charge in [-0.3, -0.25) is 9.59 Å². The van der Waals surface area contributed by atoms with Crippen LogP contribution < -0.4 is 4.74 Å². The zero-order valence-corrected chi connectivity index (χ0v) is 18.8. The lowest BCUT2D eigenvalue weighted by atomic mass is 9.85. The summed E-state index contributed by atoms with van der Waals surface area (Å²) in [6, 6.07) is 15.1. The lowest BCUT2D eigenvalue weighted by Gasteiger charge is -2.48. The highest BCUT2D eigenvalue weighted by Gasteiger charge is 2.49. The van der Waals surface area contributed by atoms with Gasteiger partial charge in [-0.1, -0.05) is 43.3 Å². The molecule has 6 heteroatoms. The number of ether oxygens (including phenoxy) is 1. The van der Waals surface area contributed by atoms with E-state index in [9.17, 15) is 9.59 Å². The van der Waals surface area contributed by atoms with Crippen molar-refractivity contribution in [3.8, 4) is 5.75 Å². The second-order valence-corrected chi connectivity index (χ2v) is 8.68. The quantitative estimate of drug-likeness (QED) is 0.663. The molecule has 2 aliphatic heterocycles. The van der Waals surface area contributed by atoms with E-state index in [0.717, 1.165) is 39.9 Å². The molecule has 0 bridgehead atoms. The zero-order valence-electron chi connectivity index (χ0n) is 18.8. The van der Waals surface area contributed by atoms with Gasteiger partial charge in [0, 0.05) is 34.6 Å². The van der Waals surface area contributed by atoms with Crippen LogP contribution in [0.5, 0.6) is 5.75 Å². The van der Waals surface area contributed by atoms with E-state index in [2.05, 4.69) is 18.0 Å². The SMILES string of the molecule is CCOc1ccccc1[C@H]1c2[nH]c3ccccc3c2C[C@H]2C(=O)N([C@H](C)CC)CC(=O)N12. The van der Waals surface area contributed by atoms with Crippen molar-refractivity contribution in [3.63, 3.8) is 0 Å². The molecule has 0 aliphatic carbocycles. The summed E-state index contributed by atoms with van der Waals surface area (Å²) in [5.74, 6) is 0.763. The van der Waals surface area contributed by atoms with Crippen LogP contribution in [0, 0.1) is 0 Å². The summed E-state index contributed by atoms with van der Waals surface area (Å²) in [5.41, 5.74) is 4.03. The minimum Gasteiger partial charge on any atom is -0.494 e. The molecule has 3 aromatic rings. The molecule has 0 unspecified atom stereocenters. The van der Waals surface area contributed by atoms with Gasteiger partial charge in [-0.25, -0.2) is 0 Å². The predicted octanol–water partition coefficient (Wildman–Crippen LogP) is 4.05. The first-order valence-electron chi connectivity index (χ1n) is 11.5. The van der Waals surface area contributed by atoms with E-state index in [1.54, 1.807) is 9.80 Å². The fourth-order valence-corrected chi connectivity index (χ4v) is 5.20. The highest BCUT2D eigenvalue weighted by atomic mass is 16.5. The Kier molecular flexibility index (Phi) is 5.16. The zero-order chi connectivity index (χ0) is 22.4. The van der Waals surface area contributed by atoms with Crippen LogP contribution >= 0.6 is 0 Å². The first kappa shape index (κ1) is 20.6. The molecule has 1 saturated heterocycles. The van der Waals surface area contributed by atoms with E-state index < -0.39 is 12.1 Å². The molecule has 1 aromatic heterocycles. The number of carbonyl (C=O) groups excluding carboxylic acids is 2. The van der Waals surface area contributed by atoms with Crippen LogP contribution in [-0.2, 0) is 16.0 Å². The number of H-pyrrole nitrogens is 1. The van der Waals surface area contributed by atoms with E-state index >= 15 is 0 Å². The van der Waals surface area contributed by atoms with Gasteiger partial charge in [-0.2, -0.15) is 0 Å². The molecule has 0 spiro atoms. The van der Waals surface area contributed by atoms with Crippen molar-refractivity contribution in [1.82, 2.24) is 14.8 Å². The number of aromatic amines is 1. The maximum Gasteiger partial charge on any atom is 0.246 e. The normalized spacial score (nSPS) is 21.5. The largest absolute Gasteiger partial charge is 0.494 e. The molecule has 2 aromatic carbocycles. The molecule has 0 radical (unpaired) electrons. The summed E-state index contributed by atoms with van der Waals surface area (Å²) in [5, 5.41) is 1.11. The molecule has 3 atom stereocenters. The third kappa shape index (κ3) is 3.08. The molecule has 6 nitrogen and oxygen atoms in total. The Labute approximate surface area is 188 Å². The number of rotatable bonds is 5. The monoisotopic (exact) mass is 431 g/mol. The highest BCUT2D eigenvalue weighted by Crippen LogP contribution is 2.45. The second-order valence-electron chi connectivity index (χ2n) is 8.68. The van der Waals surface area contributed by atoms with Gasteiger partial charge in [0.1, 0.15) is 24.4 Å². The third-order valence-corrected chi connectivity index (χ3v) is 6.93. The van der Waals surface area contributed by atoms with Gasteiger partial charge >= 0.3 is 0 Å². The Bertz CT molecular complexity index is 1180. The van der Waals surface area contributed by atoms with Gasteiger partial charge in [0.25, 0.3) is 0 Å². The molecule has 2 aliphatic rings. The topological polar surface area (TPSA) is 65.6 Å². The van der Waals surface area contributed by atoms with Crippen LogP contribution in [0.1, 0.15) is 50.1 Å². The Morgan fingerprint density at radius 2 is 1.84 bits per heavy atom. The Morgan fingerprint density at radius 1 is 1.09 bits per heavy atom. The number of hydrogen-bond donors (Lipinski definition) is 1. The van der Waals surface area contributed by atoms with E-state index in [1.807, 2.05) is 56.3 Å². The number of amides is 2. The standard InChI is InChI=1S/C26H29N3O3/c1-4-16(3)28-15-23(30)29-21(26(28)31)14-19-17-10-6-8-12-20(17)27-24(19)25(29)18-11-7-9-13-22(18)32-5-2/h6-13,16,21,25,27H,4-5,14-15H2,1-3H3/t16-,21+,25+/m1/s1. The lowest BCUT2D eigenvalue weighted by Crippen LogP contribution is -2.64. The van der Waals surface area contributed by atoms with Crippen LogP contribution in [0.25, 0.3) is 10.9 Å². The Morgan fingerprint density at radius 3 is 2.62 bits per heavy atom. The summed E-state index contributed by atoms with van der Waals surface area (Å²) in [7, 11) is 0. The van der Waals surface area contributed by atoms with E-state index in [-0.39, 0.29) is 24.4 Å². The third-order valence-electron chi connectivity index (χ3n) is 6.93. The molecule has 166 valence electrons. The first-order valence-corrected chi connectivity index (χ1v) is 11.5. The number of benzene rings is 2. The predicted molar refractivity (Wildman–Crippen MR) is 124 cm³/mol. The number of fused-ring (bicyclic) bond motifs is 4. The summed E-state index contributed by atoms with van der Waals surface area (Å²) >= 11 is 0. The van der Waals surface area contributed by atoms with Crippen molar-refractivity contribution in [2.75, 3.05) is 13.2 Å². The number of para-hydroxylation sites is 2. The average Bonchev–Trinajstić information content (AvgIpc) is 3.19. The number of aromatic nitrogens is 1. The second kappa shape index (κ2) is 8.01. The van der Waals surface area contributed by atoms with Gasteiger partial charge in [0.15, 0.2) is 0 Å². The van der Waals surface area contributed by atoms with Crippen LogP contribution in [0.15, 0.2) is 48.5 Å². The molecular weight excluding hydrogens is 402 g/mol. The van der Waals surface area contributed by atoms with Crippen molar-refractivity contribution < 1.29 is 14.3 Å². The molecule has 1 fully saturated rings. The summed E-state index contributed by atoms with van der Waals surface area (Å²) in [4.78, 5) is 34.3. The number of nitrogens with one attached hydrogen (secondary N) is 1.